The fraction of sp³-hybridized carbons (Fsp3) is 0.474. The van der Waals surface area contributed by atoms with Crippen molar-refractivity contribution >= 4 is 22.7 Å². The highest BCUT2D eigenvalue weighted by atomic mass is 16.2. The van der Waals surface area contributed by atoms with Gasteiger partial charge >= 0.3 is 0 Å². The van der Waals surface area contributed by atoms with Crippen molar-refractivity contribution < 1.29 is 9.59 Å². The Balaban J connectivity index is 1.71. The zero-order chi connectivity index (χ0) is 17.3. The lowest BCUT2D eigenvalue weighted by atomic mass is 9.93. The Kier molecular flexibility index (Phi) is 4.60. The van der Waals surface area contributed by atoms with E-state index in [0.29, 0.717) is 37.0 Å². The molecule has 1 aliphatic rings. The van der Waals surface area contributed by atoms with Gasteiger partial charge in [-0.25, -0.2) is 0 Å². The standard InChI is InChI=1S/C19H25N3O2/c1-12(2)14-3-4-15-11-17(21-16(15)10-14)19(24)22-7-5-13(6-8-22)9-18(20)23/h3-4,10-13,21H,5-9H2,1-2H3,(H2,20,23). The average Bonchev–Trinajstić information content (AvgIpc) is 2.97. The number of H-pyrrole nitrogens is 1. The van der Waals surface area contributed by atoms with Crippen molar-refractivity contribution in [1.82, 2.24) is 9.88 Å². The molecule has 0 unspecified atom stereocenters. The number of fused-ring (bicyclic) bond motifs is 1. The first-order valence-electron chi connectivity index (χ1n) is 8.64. The Hall–Kier alpha value is -2.30. The molecule has 24 heavy (non-hydrogen) atoms. The minimum absolute atomic E-state index is 0.0369. The van der Waals surface area contributed by atoms with Gasteiger partial charge in [0.05, 0.1) is 0 Å². The summed E-state index contributed by atoms with van der Waals surface area (Å²) in [6.07, 6.45) is 2.10. The molecule has 0 radical (unpaired) electrons. The first-order valence-corrected chi connectivity index (χ1v) is 8.64. The Bertz CT molecular complexity index is 755. The number of hydrogen-bond acceptors (Lipinski definition) is 2. The van der Waals surface area contributed by atoms with Gasteiger partial charge in [0.25, 0.3) is 5.91 Å². The maximum Gasteiger partial charge on any atom is 0.270 e. The number of amides is 2. The van der Waals surface area contributed by atoms with E-state index in [1.807, 2.05) is 11.0 Å². The van der Waals surface area contributed by atoms with Crippen LogP contribution in [0.25, 0.3) is 10.9 Å². The molecule has 2 aromatic rings. The van der Waals surface area contributed by atoms with Gasteiger partial charge in [0, 0.05) is 30.4 Å². The number of primary amides is 1. The quantitative estimate of drug-likeness (QED) is 0.905. The molecular formula is C19H25N3O2. The fourth-order valence-electron chi connectivity index (χ4n) is 3.41. The van der Waals surface area contributed by atoms with Crippen molar-refractivity contribution in [3.63, 3.8) is 0 Å². The summed E-state index contributed by atoms with van der Waals surface area (Å²) in [7, 11) is 0. The van der Waals surface area contributed by atoms with Crippen molar-refractivity contribution in [2.45, 2.75) is 39.0 Å². The highest BCUT2D eigenvalue weighted by Gasteiger charge is 2.25. The van der Waals surface area contributed by atoms with Gasteiger partial charge in [-0.2, -0.15) is 0 Å². The van der Waals surface area contributed by atoms with E-state index >= 15 is 0 Å². The monoisotopic (exact) mass is 327 g/mol. The molecule has 1 aromatic heterocycles. The van der Waals surface area contributed by atoms with Crippen LogP contribution in [0.4, 0.5) is 0 Å². The fourth-order valence-corrected chi connectivity index (χ4v) is 3.41. The number of aromatic nitrogens is 1. The Morgan fingerprint density at radius 3 is 2.58 bits per heavy atom. The number of carbonyl (C=O) groups excluding carboxylic acids is 2. The first-order chi connectivity index (χ1) is 11.4. The SMILES string of the molecule is CC(C)c1ccc2cc(C(=O)N3CCC(CC(N)=O)CC3)[nH]c2c1. The van der Waals surface area contributed by atoms with E-state index in [1.165, 1.54) is 5.56 Å². The second kappa shape index (κ2) is 6.67. The van der Waals surface area contributed by atoms with Crippen molar-refractivity contribution in [3.05, 3.63) is 35.5 Å². The lowest BCUT2D eigenvalue weighted by molar-refractivity contribution is -0.119. The molecule has 0 bridgehead atoms. The van der Waals surface area contributed by atoms with E-state index in [9.17, 15) is 9.59 Å². The lowest BCUT2D eigenvalue weighted by Gasteiger charge is -2.31. The van der Waals surface area contributed by atoms with Crippen LogP contribution in [0.2, 0.25) is 0 Å². The van der Waals surface area contributed by atoms with E-state index in [2.05, 4.69) is 37.0 Å². The molecule has 2 heterocycles. The highest BCUT2D eigenvalue weighted by molar-refractivity contribution is 5.98. The molecule has 1 fully saturated rings. The third-order valence-corrected chi connectivity index (χ3v) is 4.94. The summed E-state index contributed by atoms with van der Waals surface area (Å²) in [6, 6.07) is 8.23. The smallest absolute Gasteiger partial charge is 0.270 e. The topological polar surface area (TPSA) is 79.2 Å². The van der Waals surface area contributed by atoms with Crippen LogP contribution in [0.15, 0.2) is 24.3 Å². The Morgan fingerprint density at radius 1 is 1.25 bits per heavy atom. The zero-order valence-electron chi connectivity index (χ0n) is 14.3. The Morgan fingerprint density at radius 2 is 1.96 bits per heavy atom. The predicted molar refractivity (Wildman–Crippen MR) is 94.8 cm³/mol. The minimum Gasteiger partial charge on any atom is -0.370 e. The molecule has 3 N–H and O–H groups in total. The predicted octanol–water partition coefficient (Wildman–Crippen LogP) is 3.02. The van der Waals surface area contributed by atoms with Crippen LogP contribution in [0, 0.1) is 5.92 Å². The second-order valence-corrected chi connectivity index (χ2v) is 7.09. The van der Waals surface area contributed by atoms with Crippen LogP contribution in [-0.2, 0) is 4.79 Å². The highest BCUT2D eigenvalue weighted by Crippen LogP contribution is 2.25. The van der Waals surface area contributed by atoms with Crippen LogP contribution in [0.5, 0.6) is 0 Å². The summed E-state index contributed by atoms with van der Waals surface area (Å²) in [5.74, 6) is 0.551. The molecule has 1 aliphatic heterocycles. The van der Waals surface area contributed by atoms with E-state index in [1.54, 1.807) is 0 Å². The number of nitrogens with zero attached hydrogens (tertiary/aromatic N) is 1. The van der Waals surface area contributed by atoms with Crippen LogP contribution in [0.3, 0.4) is 0 Å². The van der Waals surface area contributed by atoms with Gasteiger partial charge in [0.2, 0.25) is 5.91 Å². The van der Waals surface area contributed by atoms with Crippen LogP contribution >= 0.6 is 0 Å². The normalized spacial score (nSPS) is 16.0. The molecular weight excluding hydrogens is 302 g/mol. The molecule has 5 nitrogen and oxygen atoms in total. The second-order valence-electron chi connectivity index (χ2n) is 7.09. The summed E-state index contributed by atoms with van der Waals surface area (Å²) in [6.45, 7) is 5.69. The average molecular weight is 327 g/mol. The number of nitrogens with two attached hydrogens (primary N) is 1. The van der Waals surface area contributed by atoms with E-state index < -0.39 is 0 Å². The lowest BCUT2D eigenvalue weighted by Crippen LogP contribution is -2.39. The van der Waals surface area contributed by atoms with Gasteiger partial charge in [0.1, 0.15) is 5.69 Å². The summed E-state index contributed by atoms with van der Waals surface area (Å²) in [5.41, 5.74) is 8.17. The van der Waals surface area contributed by atoms with Crippen molar-refractivity contribution in [3.8, 4) is 0 Å². The first kappa shape index (κ1) is 16.6. The van der Waals surface area contributed by atoms with Crippen molar-refractivity contribution in [1.29, 1.82) is 0 Å². The molecule has 3 rings (SSSR count). The molecule has 0 spiro atoms. The van der Waals surface area contributed by atoms with Gasteiger partial charge < -0.3 is 15.6 Å². The molecule has 0 saturated carbocycles. The van der Waals surface area contributed by atoms with Gasteiger partial charge in [0.15, 0.2) is 0 Å². The van der Waals surface area contributed by atoms with E-state index in [-0.39, 0.29) is 11.8 Å². The van der Waals surface area contributed by atoms with Gasteiger partial charge in [-0.05, 0) is 42.4 Å². The minimum atomic E-state index is -0.253. The summed E-state index contributed by atoms with van der Waals surface area (Å²) >= 11 is 0. The maximum absolute atomic E-state index is 12.7. The molecule has 1 aromatic carbocycles. The molecule has 1 saturated heterocycles. The summed E-state index contributed by atoms with van der Waals surface area (Å²) in [5, 5.41) is 1.06. The number of aromatic amines is 1. The van der Waals surface area contributed by atoms with E-state index in [4.69, 9.17) is 5.73 Å². The third-order valence-electron chi connectivity index (χ3n) is 4.94. The number of rotatable bonds is 4. The number of hydrogen-bond donors (Lipinski definition) is 2. The summed E-state index contributed by atoms with van der Waals surface area (Å²) in [4.78, 5) is 28.9. The number of benzene rings is 1. The van der Waals surface area contributed by atoms with Crippen LogP contribution in [-0.4, -0.2) is 34.8 Å². The van der Waals surface area contributed by atoms with Gasteiger partial charge in [-0.15, -0.1) is 0 Å². The summed E-state index contributed by atoms with van der Waals surface area (Å²) < 4.78 is 0. The van der Waals surface area contributed by atoms with Crippen LogP contribution < -0.4 is 5.73 Å². The number of nitrogens with one attached hydrogen (secondary N) is 1. The number of piperidine rings is 1. The van der Waals surface area contributed by atoms with Gasteiger partial charge in [-0.3, -0.25) is 9.59 Å². The zero-order valence-corrected chi connectivity index (χ0v) is 14.3. The molecule has 128 valence electrons. The van der Waals surface area contributed by atoms with E-state index in [0.717, 1.165) is 23.7 Å². The molecule has 5 heteroatoms. The number of carbonyl (C=O) groups is 2. The number of likely N-dealkylation sites (tertiary alicyclic amines) is 1. The van der Waals surface area contributed by atoms with Crippen LogP contribution in [0.1, 0.15) is 55.1 Å². The third kappa shape index (κ3) is 3.45. The Labute approximate surface area is 142 Å². The largest absolute Gasteiger partial charge is 0.370 e. The van der Waals surface area contributed by atoms with Crippen molar-refractivity contribution in [2.24, 2.45) is 11.7 Å². The maximum atomic E-state index is 12.7. The molecule has 0 atom stereocenters. The molecule has 0 aliphatic carbocycles. The van der Waals surface area contributed by atoms with Crippen molar-refractivity contribution in [2.75, 3.05) is 13.1 Å². The van der Waals surface area contributed by atoms with Gasteiger partial charge in [-0.1, -0.05) is 26.0 Å². The molecule has 2 amide bonds.